The van der Waals surface area contributed by atoms with Crippen LogP contribution in [0.3, 0.4) is 0 Å². The fourth-order valence-corrected chi connectivity index (χ4v) is 5.46. The Labute approximate surface area is 197 Å². The van der Waals surface area contributed by atoms with Crippen molar-refractivity contribution in [3.8, 4) is 0 Å². The topological polar surface area (TPSA) is 60.7 Å². The highest BCUT2D eigenvalue weighted by Crippen LogP contribution is 2.46. The molecule has 5 nitrogen and oxygen atoms in total. The number of nitrogens with zero attached hydrogens (tertiary/aromatic N) is 1. The first-order valence-corrected chi connectivity index (χ1v) is 11.5. The van der Waals surface area contributed by atoms with E-state index in [4.69, 9.17) is 4.33 Å². The van der Waals surface area contributed by atoms with Crippen LogP contribution in [-0.2, 0) is 26.6 Å². The van der Waals surface area contributed by atoms with E-state index in [2.05, 4.69) is 4.89 Å². The Balaban J connectivity index is 1.95. The van der Waals surface area contributed by atoms with E-state index in [0.717, 1.165) is 41.9 Å². The standard InChI is InChI=1S/C24H23F4NO4S/c1-13(14-6-8-16(9-7-14)24(26,27)28)29-22-15(10-21(30)31)4-3-5-18(22)19-11-17(25)12-20(23(19)29)34-33-32-2/h6-9,11-13,15H,3-5,10H2,1-2H3,(H,30,31)/t13-,15+/m0/s1. The van der Waals surface area contributed by atoms with Gasteiger partial charge in [0.15, 0.2) is 0 Å². The molecular weight excluding hydrogens is 474 g/mol. The summed E-state index contributed by atoms with van der Waals surface area (Å²) < 4.78 is 60.8. The van der Waals surface area contributed by atoms with Gasteiger partial charge in [0.2, 0.25) is 0 Å². The molecule has 0 saturated carbocycles. The summed E-state index contributed by atoms with van der Waals surface area (Å²) >= 11 is 0.827. The van der Waals surface area contributed by atoms with Gasteiger partial charge in [-0.2, -0.15) is 17.5 Å². The van der Waals surface area contributed by atoms with Crippen molar-refractivity contribution in [1.29, 1.82) is 0 Å². The zero-order valence-electron chi connectivity index (χ0n) is 18.5. The van der Waals surface area contributed by atoms with Crippen LogP contribution < -0.4 is 0 Å². The largest absolute Gasteiger partial charge is 0.481 e. The lowest BCUT2D eigenvalue weighted by molar-refractivity contribution is -0.160. The minimum absolute atomic E-state index is 0.0947. The minimum atomic E-state index is -4.45. The SMILES string of the molecule is COOSc1cc(F)cc2c3c(n([C@@H](C)c4ccc(C(F)(F)F)cc4)c12)[C@@H](CC(=O)O)CCC3. The molecule has 1 heterocycles. The second kappa shape index (κ2) is 9.59. The number of benzene rings is 2. The molecule has 0 bridgehead atoms. The van der Waals surface area contributed by atoms with E-state index in [-0.39, 0.29) is 12.3 Å². The van der Waals surface area contributed by atoms with Crippen LogP contribution in [0.25, 0.3) is 10.9 Å². The second-order valence-corrected chi connectivity index (χ2v) is 9.08. The Hall–Kier alpha value is -2.56. The van der Waals surface area contributed by atoms with Gasteiger partial charge in [-0.1, -0.05) is 12.1 Å². The molecule has 1 aliphatic rings. The van der Waals surface area contributed by atoms with Gasteiger partial charge in [-0.05, 0) is 61.6 Å². The smallest absolute Gasteiger partial charge is 0.416 e. The van der Waals surface area contributed by atoms with Gasteiger partial charge < -0.3 is 9.67 Å². The fraction of sp³-hybridized carbons (Fsp3) is 0.375. The second-order valence-electron chi connectivity index (χ2n) is 8.33. The van der Waals surface area contributed by atoms with E-state index >= 15 is 0 Å². The third-order valence-corrected chi connectivity index (χ3v) is 6.96. The first kappa shape index (κ1) is 24.6. The number of rotatable bonds is 7. The zero-order valence-corrected chi connectivity index (χ0v) is 19.3. The van der Waals surface area contributed by atoms with Gasteiger partial charge in [-0.3, -0.25) is 4.79 Å². The van der Waals surface area contributed by atoms with Crippen LogP contribution in [0.2, 0.25) is 0 Å². The molecule has 182 valence electrons. The number of carboxylic acids is 1. The van der Waals surface area contributed by atoms with Crippen molar-refractivity contribution in [3.05, 3.63) is 64.6 Å². The Morgan fingerprint density at radius 3 is 2.59 bits per heavy atom. The summed E-state index contributed by atoms with van der Waals surface area (Å²) in [6, 6.07) is 7.18. The maximum Gasteiger partial charge on any atom is 0.416 e. The molecule has 3 aromatic rings. The van der Waals surface area contributed by atoms with Crippen LogP contribution >= 0.6 is 12.0 Å². The van der Waals surface area contributed by atoms with Crippen LogP contribution in [0.4, 0.5) is 17.6 Å². The van der Waals surface area contributed by atoms with E-state index in [0.29, 0.717) is 34.2 Å². The van der Waals surface area contributed by atoms with Gasteiger partial charge in [0, 0.05) is 17.0 Å². The number of aromatic nitrogens is 1. The number of alkyl halides is 3. The minimum Gasteiger partial charge on any atom is -0.481 e. The van der Waals surface area contributed by atoms with Crippen LogP contribution in [0.1, 0.15) is 60.5 Å². The molecule has 2 atom stereocenters. The molecule has 4 rings (SSSR count). The van der Waals surface area contributed by atoms with Gasteiger partial charge in [0.1, 0.15) is 5.82 Å². The number of carbonyl (C=O) groups is 1. The quantitative estimate of drug-likeness (QED) is 0.167. The van der Waals surface area contributed by atoms with Gasteiger partial charge in [-0.25, -0.2) is 9.28 Å². The summed E-state index contributed by atoms with van der Waals surface area (Å²) in [6.45, 7) is 1.84. The Morgan fingerprint density at radius 1 is 1.26 bits per heavy atom. The summed E-state index contributed by atoms with van der Waals surface area (Å²) in [4.78, 5) is 16.7. The van der Waals surface area contributed by atoms with Crippen molar-refractivity contribution in [1.82, 2.24) is 4.57 Å². The summed E-state index contributed by atoms with van der Waals surface area (Å²) in [6.07, 6.45) is -2.50. The molecule has 0 fully saturated rings. The Bertz CT molecular complexity index is 1210. The van der Waals surface area contributed by atoms with Gasteiger partial charge >= 0.3 is 12.1 Å². The monoisotopic (exact) mass is 497 g/mol. The molecular formula is C24H23F4NO4S. The molecule has 2 aromatic carbocycles. The van der Waals surface area contributed by atoms with E-state index in [1.807, 2.05) is 11.5 Å². The number of fused-ring (bicyclic) bond motifs is 3. The predicted octanol–water partition coefficient (Wildman–Crippen LogP) is 6.89. The van der Waals surface area contributed by atoms with Crippen molar-refractivity contribution in [3.63, 3.8) is 0 Å². The number of halogens is 4. The average Bonchev–Trinajstić information content (AvgIpc) is 3.11. The molecule has 1 aliphatic carbocycles. The molecule has 0 amide bonds. The highest BCUT2D eigenvalue weighted by Gasteiger charge is 2.34. The molecule has 0 unspecified atom stereocenters. The predicted molar refractivity (Wildman–Crippen MR) is 119 cm³/mol. The summed E-state index contributed by atoms with van der Waals surface area (Å²) in [5, 5.41) is 10.2. The van der Waals surface area contributed by atoms with Crippen LogP contribution in [0.5, 0.6) is 0 Å². The zero-order chi connectivity index (χ0) is 24.6. The first-order chi connectivity index (χ1) is 16.1. The summed E-state index contributed by atoms with van der Waals surface area (Å²) in [5.41, 5.74) is 2.14. The molecule has 0 aliphatic heterocycles. The lowest BCUT2D eigenvalue weighted by atomic mass is 9.84. The van der Waals surface area contributed by atoms with E-state index in [1.54, 1.807) is 0 Å². The lowest BCUT2D eigenvalue weighted by Crippen LogP contribution is -2.19. The average molecular weight is 498 g/mol. The van der Waals surface area contributed by atoms with Gasteiger partial charge in [0.05, 0.1) is 47.6 Å². The van der Waals surface area contributed by atoms with Crippen molar-refractivity contribution in [2.24, 2.45) is 0 Å². The van der Waals surface area contributed by atoms with Crippen molar-refractivity contribution in [2.45, 2.75) is 55.6 Å². The maximum absolute atomic E-state index is 14.6. The van der Waals surface area contributed by atoms with Crippen LogP contribution in [-0.4, -0.2) is 22.8 Å². The van der Waals surface area contributed by atoms with Crippen molar-refractivity contribution < 1.29 is 36.7 Å². The third kappa shape index (κ3) is 4.67. The molecule has 0 saturated heterocycles. The molecule has 0 radical (unpaired) electrons. The van der Waals surface area contributed by atoms with Crippen LogP contribution in [0.15, 0.2) is 41.3 Å². The number of carboxylic acid groups (broad SMARTS) is 1. The fourth-order valence-electron chi connectivity index (χ4n) is 4.87. The van der Waals surface area contributed by atoms with Gasteiger partial charge in [-0.15, -0.1) is 0 Å². The number of aryl methyl sites for hydroxylation is 1. The Morgan fingerprint density at radius 2 is 1.97 bits per heavy atom. The normalized spacial score (nSPS) is 17.1. The van der Waals surface area contributed by atoms with E-state index in [9.17, 15) is 27.5 Å². The molecule has 1 aromatic heterocycles. The van der Waals surface area contributed by atoms with E-state index < -0.39 is 29.6 Å². The first-order valence-electron chi connectivity index (χ1n) is 10.7. The molecule has 10 heteroatoms. The molecule has 34 heavy (non-hydrogen) atoms. The van der Waals surface area contributed by atoms with Crippen LogP contribution in [0, 0.1) is 5.82 Å². The summed E-state index contributed by atoms with van der Waals surface area (Å²) in [7, 11) is 1.32. The number of hydrogen-bond donors (Lipinski definition) is 1. The third-order valence-electron chi connectivity index (χ3n) is 6.26. The highest BCUT2D eigenvalue weighted by molar-refractivity contribution is 7.94. The number of aliphatic carboxylic acids is 1. The maximum atomic E-state index is 14.6. The lowest BCUT2D eigenvalue weighted by Gasteiger charge is -2.28. The van der Waals surface area contributed by atoms with Gasteiger partial charge in [0.25, 0.3) is 0 Å². The van der Waals surface area contributed by atoms with Crippen molar-refractivity contribution in [2.75, 3.05) is 7.11 Å². The molecule has 0 spiro atoms. The van der Waals surface area contributed by atoms with Crippen molar-refractivity contribution >= 4 is 28.9 Å². The van der Waals surface area contributed by atoms with E-state index in [1.165, 1.54) is 31.4 Å². The number of hydrogen-bond acceptors (Lipinski definition) is 4. The summed E-state index contributed by atoms with van der Waals surface area (Å²) in [5.74, 6) is -1.73. The molecule has 1 N–H and O–H groups in total. The Kier molecular flexibility index (Phi) is 6.93. The highest BCUT2D eigenvalue weighted by atomic mass is 32.2.